The first-order valence-electron chi connectivity index (χ1n) is 6.73. The van der Waals surface area contributed by atoms with Crippen LogP contribution in [0.15, 0.2) is 24.3 Å². The molecule has 1 rings (SSSR count). The smallest absolute Gasteiger partial charge is 0.317 e. The van der Waals surface area contributed by atoms with Crippen LogP contribution in [0.4, 0.5) is 4.79 Å². The molecule has 0 heterocycles. The lowest BCUT2D eigenvalue weighted by Crippen LogP contribution is -2.39. The van der Waals surface area contributed by atoms with Crippen molar-refractivity contribution in [2.75, 3.05) is 13.1 Å². The molecule has 0 aliphatic carbocycles. The van der Waals surface area contributed by atoms with Crippen LogP contribution in [0.1, 0.15) is 38.8 Å². The molecule has 0 unspecified atom stereocenters. The molecular weight excluding hydrogens is 240 g/mol. The standard InChI is InChI=1S/C15H24N2O2/c1-5-17(6-2)14(18)16-11-12-7-9-13(10-8-12)15(3,4)19/h7-10,19H,5-6,11H2,1-4H3,(H,16,18). The second-order valence-corrected chi connectivity index (χ2v) is 5.09. The Morgan fingerprint density at radius 3 is 2.16 bits per heavy atom. The Balaban J connectivity index is 2.57. The summed E-state index contributed by atoms with van der Waals surface area (Å²) in [6.45, 7) is 9.35. The molecule has 0 fully saturated rings. The van der Waals surface area contributed by atoms with Gasteiger partial charge in [0.25, 0.3) is 0 Å². The van der Waals surface area contributed by atoms with Gasteiger partial charge >= 0.3 is 6.03 Å². The Morgan fingerprint density at radius 2 is 1.74 bits per heavy atom. The summed E-state index contributed by atoms with van der Waals surface area (Å²) in [5.74, 6) is 0. The van der Waals surface area contributed by atoms with Crippen molar-refractivity contribution in [1.82, 2.24) is 10.2 Å². The maximum Gasteiger partial charge on any atom is 0.317 e. The van der Waals surface area contributed by atoms with Crippen molar-refractivity contribution >= 4 is 6.03 Å². The molecule has 0 aliphatic heterocycles. The minimum atomic E-state index is -0.830. The lowest BCUT2D eigenvalue weighted by atomic mass is 9.97. The van der Waals surface area contributed by atoms with Crippen LogP contribution >= 0.6 is 0 Å². The number of nitrogens with zero attached hydrogens (tertiary/aromatic N) is 1. The second kappa shape index (κ2) is 6.57. The summed E-state index contributed by atoms with van der Waals surface area (Å²) in [6, 6.07) is 7.58. The largest absolute Gasteiger partial charge is 0.386 e. The first-order chi connectivity index (χ1) is 8.88. The number of hydrogen-bond donors (Lipinski definition) is 2. The van der Waals surface area contributed by atoms with E-state index in [0.29, 0.717) is 19.6 Å². The molecule has 1 aromatic rings. The van der Waals surface area contributed by atoms with Gasteiger partial charge in [0.15, 0.2) is 0 Å². The van der Waals surface area contributed by atoms with Gasteiger partial charge < -0.3 is 15.3 Å². The number of urea groups is 1. The van der Waals surface area contributed by atoms with E-state index in [9.17, 15) is 9.90 Å². The molecule has 106 valence electrons. The summed E-state index contributed by atoms with van der Waals surface area (Å²) < 4.78 is 0. The molecule has 0 spiro atoms. The maximum absolute atomic E-state index is 11.8. The Kier molecular flexibility index (Phi) is 5.36. The van der Waals surface area contributed by atoms with E-state index in [1.54, 1.807) is 18.7 Å². The third-order valence-electron chi connectivity index (χ3n) is 3.15. The number of rotatable bonds is 5. The molecule has 2 N–H and O–H groups in total. The third-order valence-corrected chi connectivity index (χ3v) is 3.15. The van der Waals surface area contributed by atoms with Crippen molar-refractivity contribution in [1.29, 1.82) is 0 Å². The Bertz CT molecular complexity index is 403. The zero-order valence-electron chi connectivity index (χ0n) is 12.2. The fourth-order valence-corrected chi connectivity index (χ4v) is 1.83. The van der Waals surface area contributed by atoms with E-state index in [4.69, 9.17) is 0 Å². The van der Waals surface area contributed by atoms with Crippen molar-refractivity contribution in [2.45, 2.75) is 39.8 Å². The van der Waals surface area contributed by atoms with Gasteiger partial charge in [-0.15, -0.1) is 0 Å². The van der Waals surface area contributed by atoms with Gasteiger partial charge in [0.1, 0.15) is 0 Å². The highest BCUT2D eigenvalue weighted by Gasteiger charge is 2.15. The molecule has 0 bridgehead atoms. The van der Waals surface area contributed by atoms with E-state index in [1.807, 2.05) is 38.1 Å². The Labute approximate surface area is 115 Å². The molecule has 0 aliphatic rings. The highest BCUT2D eigenvalue weighted by molar-refractivity contribution is 5.74. The maximum atomic E-state index is 11.8. The summed E-state index contributed by atoms with van der Waals surface area (Å²) in [6.07, 6.45) is 0. The second-order valence-electron chi connectivity index (χ2n) is 5.09. The van der Waals surface area contributed by atoms with E-state index in [2.05, 4.69) is 5.32 Å². The summed E-state index contributed by atoms with van der Waals surface area (Å²) in [7, 11) is 0. The fraction of sp³-hybridized carbons (Fsp3) is 0.533. The van der Waals surface area contributed by atoms with Crippen LogP contribution in [0, 0.1) is 0 Å². The molecule has 0 radical (unpaired) electrons. The quantitative estimate of drug-likeness (QED) is 0.858. The fourth-order valence-electron chi connectivity index (χ4n) is 1.83. The Morgan fingerprint density at radius 1 is 1.21 bits per heavy atom. The minimum absolute atomic E-state index is 0.0448. The van der Waals surface area contributed by atoms with Gasteiger partial charge in [-0.2, -0.15) is 0 Å². The van der Waals surface area contributed by atoms with Gasteiger partial charge in [-0.1, -0.05) is 24.3 Å². The first-order valence-corrected chi connectivity index (χ1v) is 6.73. The monoisotopic (exact) mass is 264 g/mol. The Hall–Kier alpha value is -1.55. The SMILES string of the molecule is CCN(CC)C(=O)NCc1ccc(C(C)(C)O)cc1. The zero-order valence-corrected chi connectivity index (χ0v) is 12.2. The van der Waals surface area contributed by atoms with E-state index < -0.39 is 5.60 Å². The van der Waals surface area contributed by atoms with Crippen molar-refractivity contribution < 1.29 is 9.90 Å². The number of nitrogens with one attached hydrogen (secondary N) is 1. The third kappa shape index (κ3) is 4.56. The molecular formula is C15H24N2O2. The van der Waals surface area contributed by atoms with Gasteiger partial charge in [-0.05, 0) is 38.8 Å². The van der Waals surface area contributed by atoms with Crippen LogP contribution in [-0.4, -0.2) is 29.1 Å². The first kappa shape index (κ1) is 15.5. The highest BCUT2D eigenvalue weighted by atomic mass is 16.3. The number of carbonyl (C=O) groups is 1. The van der Waals surface area contributed by atoms with Crippen LogP contribution in [0.2, 0.25) is 0 Å². The molecule has 0 aromatic heterocycles. The van der Waals surface area contributed by atoms with E-state index in [1.165, 1.54) is 0 Å². The number of aliphatic hydroxyl groups is 1. The van der Waals surface area contributed by atoms with Gasteiger partial charge in [0.05, 0.1) is 5.60 Å². The minimum Gasteiger partial charge on any atom is -0.386 e. The summed E-state index contributed by atoms with van der Waals surface area (Å²) in [5.41, 5.74) is 1.06. The number of hydrogen-bond acceptors (Lipinski definition) is 2. The highest BCUT2D eigenvalue weighted by Crippen LogP contribution is 2.19. The van der Waals surface area contributed by atoms with Crippen molar-refractivity contribution in [3.05, 3.63) is 35.4 Å². The summed E-state index contributed by atoms with van der Waals surface area (Å²) >= 11 is 0. The normalized spacial score (nSPS) is 11.2. The molecule has 0 saturated carbocycles. The molecule has 4 nitrogen and oxygen atoms in total. The van der Waals surface area contributed by atoms with E-state index >= 15 is 0 Å². The summed E-state index contributed by atoms with van der Waals surface area (Å²) in [4.78, 5) is 13.5. The molecule has 1 aromatic carbocycles. The van der Waals surface area contributed by atoms with Gasteiger partial charge in [0.2, 0.25) is 0 Å². The van der Waals surface area contributed by atoms with E-state index in [-0.39, 0.29) is 6.03 Å². The van der Waals surface area contributed by atoms with Crippen LogP contribution in [0.25, 0.3) is 0 Å². The number of amides is 2. The molecule has 4 heteroatoms. The molecule has 2 amide bonds. The molecule has 0 saturated heterocycles. The van der Waals surface area contributed by atoms with Crippen LogP contribution in [0.5, 0.6) is 0 Å². The number of benzene rings is 1. The van der Waals surface area contributed by atoms with E-state index in [0.717, 1.165) is 11.1 Å². The van der Waals surface area contributed by atoms with Crippen LogP contribution < -0.4 is 5.32 Å². The number of carbonyl (C=O) groups excluding carboxylic acids is 1. The van der Waals surface area contributed by atoms with Gasteiger partial charge in [0, 0.05) is 19.6 Å². The average Bonchev–Trinajstić information content (AvgIpc) is 2.37. The van der Waals surface area contributed by atoms with Crippen molar-refractivity contribution in [2.24, 2.45) is 0 Å². The lowest BCUT2D eigenvalue weighted by molar-refractivity contribution is 0.0786. The molecule has 0 atom stereocenters. The van der Waals surface area contributed by atoms with Gasteiger partial charge in [-0.3, -0.25) is 0 Å². The van der Waals surface area contributed by atoms with Crippen LogP contribution in [0.3, 0.4) is 0 Å². The van der Waals surface area contributed by atoms with Crippen molar-refractivity contribution in [3.63, 3.8) is 0 Å². The predicted octanol–water partition coefficient (Wildman–Crippen LogP) is 2.47. The molecule has 19 heavy (non-hydrogen) atoms. The van der Waals surface area contributed by atoms with Crippen LogP contribution in [-0.2, 0) is 12.1 Å². The average molecular weight is 264 g/mol. The van der Waals surface area contributed by atoms with Gasteiger partial charge in [-0.25, -0.2) is 4.79 Å². The topological polar surface area (TPSA) is 52.6 Å². The predicted molar refractivity (Wildman–Crippen MR) is 76.8 cm³/mol. The van der Waals surface area contributed by atoms with Crippen molar-refractivity contribution in [3.8, 4) is 0 Å². The lowest BCUT2D eigenvalue weighted by Gasteiger charge is -2.20. The summed E-state index contributed by atoms with van der Waals surface area (Å²) in [5, 5.41) is 12.7. The zero-order chi connectivity index (χ0) is 14.5.